The van der Waals surface area contributed by atoms with Gasteiger partial charge in [-0.25, -0.2) is 4.39 Å². The van der Waals surface area contributed by atoms with Crippen molar-refractivity contribution in [2.75, 3.05) is 20.2 Å². The summed E-state index contributed by atoms with van der Waals surface area (Å²) in [7, 11) is 1.61. The van der Waals surface area contributed by atoms with Crippen LogP contribution in [0.3, 0.4) is 0 Å². The van der Waals surface area contributed by atoms with Crippen molar-refractivity contribution in [3.8, 4) is 5.75 Å². The van der Waals surface area contributed by atoms with Gasteiger partial charge in [0.25, 0.3) is 0 Å². The summed E-state index contributed by atoms with van der Waals surface area (Å²) in [5, 5.41) is 0. The predicted octanol–water partition coefficient (Wildman–Crippen LogP) is 3.68. The molecule has 0 radical (unpaired) electrons. The van der Waals surface area contributed by atoms with Gasteiger partial charge in [0.2, 0.25) is 0 Å². The molecule has 2 heterocycles. The highest BCUT2D eigenvalue weighted by Gasteiger charge is 2.57. The van der Waals surface area contributed by atoms with Gasteiger partial charge < -0.3 is 9.47 Å². The molecular formula is C22H24FNO3. The summed E-state index contributed by atoms with van der Waals surface area (Å²) >= 11 is 0. The molecule has 2 atom stereocenters. The number of benzene rings is 2. The van der Waals surface area contributed by atoms with Crippen molar-refractivity contribution >= 4 is 5.97 Å². The van der Waals surface area contributed by atoms with Crippen LogP contribution in [-0.4, -0.2) is 37.1 Å². The number of piperidine rings is 1. The number of carbonyl (C=O) groups is 1. The van der Waals surface area contributed by atoms with Crippen molar-refractivity contribution < 1.29 is 18.7 Å². The average Bonchev–Trinajstić information content (AvgIpc) is 2.67. The highest BCUT2D eigenvalue weighted by molar-refractivity contribution is 5.73. The van der Waals surface area contributed by atoms with E-state index in [0.717, 1.165) is 36.3 Å². The molecule has 4 nitrogen and oxygen atoms in total. The molecule has 2 aromatic carbocycles. The second-order valence-corrected chi connectivity index (χ2v) is 7.38. The lowest BCUT2D eigenvalue weighted by atomic mass is 9.73. The fourth-order valence-corrected chi connectivity index (χ4v) is 4.33. The molecule has 0 aromatic heterocycles. The van der Waals surface area contributed by atoms with Crippen molar-refractivity contribution in [3.05, 3.63) is 65.5 Å². The van der Waals surface area contributed by atoms with Crippen LogP contribution >= 0.6 is 0 Å². The van der Waals surface area contributed by atoms with Crippen LogP contribution in [0.5, 0.6) is 5.75 Å². The van der Waals surface area contributed by atoms with Crippen molar-refractivity contribution in [1.82, 2.24) is 4.90 Å². The smallest absolute Gasteiger partial charge is 0.311 e. The summed E-state index contributed by atoms with van der Waals surface area (Å²) < 4.78 is 24.7. The number of carbonyl (C=O) groups excluding carboxylic acids is 1. The van der Waals surface area contributed by atoms with Crippen molar-refractivity contribution in [2.24, 2.45) is 0 Å². The summed E-state index contributed by atoms with van der Waals surface area (Å²) in [4.78, 5) is 15.1. The lowest BCUT2D eigenvalue weighted by Crippen LogP contribution is -2.70. The Labute approximate surface area is 158 Å². The van der Waals surface area contributed by atoms with E-state index in [1.165, 1.54) is 18.6 Å². The normalized spacial score (nSPS) is 24.6. The summed E-state index contributed by atoms with van der Waals surface area (Å²) in [5.74, 6) is 0.222. The SMILES string of the molecule is COc1ccc(CC(=O)O[C@]2(c3ccc(F)cc3)CN3CCCC[C@@H]32)cc1. The number of methoxy groups -OCH3 is 1. The maximum atomic E-state index is 13.4. The first kappa shape index (κ1) is 18.0. The number of ether oxygens (including phenoxy) is 2. The number of hydrogen-bond donors (Lipinski definition) is 0. The lowest BCUT2D eigenvalue weighted by Gasteiger charge is -2.58. The molecule has 0 bridgehead atoms. The summed E-state index contributed by atoms with van der Waals surface area (Å²) in [6.07, 6.45) is 3.50. The highest BCUT2D eigenvalue weighted by atomic mass is 19.1. The lowest BCUT2D eigenvalue weighted by molar-refractivity contribution is -0.210. The van der Waals surface area contributed by atoms with Crippen molar-refractivity contribution in [3.63, 3.8) is 0 Å². The van der Waals surface area contributed by atoms with Crippen LogP contribution in [0.4, 0.5) is 4.39 Å². The molecule has 27 heavy (non-hydrogen) atoms. The minimum atomic E-state index is -0.669. The fourth-order valence-electron chi connectivity index (χ4n) is 4.33. The van der Waals surface area contributed by atoms with E-state index in [9.17, 15) is 9.18 Å². The van der Waals surface area contributed by atoms with Crippen molar-refractivity contribution in [1.29, 1.82) is 0 Å². The second kappa shape index (κ2) is 7.31. The Hall–Kier alpha value is -2.40. The predicted molar refractivity (Wildman–Crippen MR) is 100 cm³/mol. The Kier molecular flexibility index (Phi) is 4.87. The van der Waals surface area contributed by atoms with Gasteiger partial charge in [0, 0.05) is 6.54 Å². The highest BCUT2D eigenvalue weighted by Crippen LogP contribution is 2.46. The second-order valence-electron chi connectivity index (χ2n) is 7.38. The monoisotopic (exact) mass is 369 g/mol. The first-order valence-corrected chi connectivity index (χ1v) is 9.45. The largest absolute Gasteiger partial charge is 0.497 e. The average molecular weight is 369 g/mol. The van der Waals surface area contributed by atoms with E-state index in [4.69, 9.17) is 9.47 Å². The van der Waals surface area contributed by atoms with Gasteiger partial charge in [0.15, 0.2) is 5.60 Å². The molecule has 0 amide bonds. The zero-order valence-corrected chi connectivity index (χ0v) is 15.5. The number of nitrogens with zero attached hydrogens (tertiary/aromatic N) is 1. The Morgan fingerprint density at radius 1 is 1.15 bits per heavy atom. The molecule has 2 aromatic rings. The molecule has 142 valence electrons. The zero-order chi connectivity index (χ0) is 18.9. The maximum absolute atomic E-state index is 13.4. The summed E-state index contributed by atoms with van der Waals surface area (Å²) in [5.41, 5.74) is 1.10. The van der Waals surface area contributed by atoms with E-state index >= 15 is 0 Å². The molecule has 0 aliphatic carbocycles. The molecule has 0 spiro atoms. The minimum Gasteiger partial charge on any atom is -0.497 e. The van der Waals surface area contributed by atoms with E-state index in [1.54, 1.807) is 19.2 Å². The molecule has 4 rings (SSSR count). The molecule has 2 saturated heterocycles. The molecule has 0 saturated carbocycles. The quantitative estimate of drug-likeness (QED) is 0.754. The maximum Gasteiger partial charge on any atom is 0.311 e. The van der Waals surface area contributed by atoms with E-state index in [2.05, 4.69) is 4.90 Å². The number of esters is 1. The van der Waals surface area contributed by atoms with Gasteiger partial charge in [-0.05, 0) is 54.8 Å². The van der Waals surface area contributed by atoms with Gasteiger partial charge in [0.1, 0.15) is 11.6 Å². The Morgan fingerprint density at radius 3 is 2.56 bits per heavy atom. The van der Waals surface area contributed by atoms with E-state index in [1.807, 2.05) is 24.3 Å². The van der Waals surface area contributed by atoms with Crippen LogP contribution in [-0.2, 0) is 21.6 Å². The molecule has 0 N–H and O–H groups in total. The van der Waals surface area contributed by atoms with Gasteiger partial charge in [-0.3, -0.25) is 9.69 Å². The Balaban J connectivity index is 1.54. The van der Waals surface area contributed by atoms with Gasteiger partial charge in [-0.2, -0.15) is 0 Å². The number of hydrogen-bond acceptors (Lipinski definition) is 4. The molecule has 5 heteroatoms. The standard InChI is InChI=1S/C22H24FNO3/c1-26-19-11-5-16(6-12-19)14-21(25)27-22(17-7-9-18(23)10-8-17)15-24-13-3-2-4-20(22)24/h5-12,20H,2-4,13-15H2,1H3/t20-,22+/m1/s1. The molecular weight excluding hydrogens is 345 g/mol. The first-order chi connectivity index (χ1) is 13.1. The van der Waals surface area contributed by atoms with E-state index in [-0.39, 0.29) is 24.2 Å². The van der Waals surface area contributed by atoms with Crippen LogP contribution < -0.4 is 4.74 Å². The number of halogens is 1. The number of fused-ring (bicyclic) bond motifs is 1. The third-order valence-electron chi connectivity index (χ3n) is 5.73. The van der Waals surface area contributed by atoms with Crippen LogP contribution in [0, 0.1) is 5.82 Å². The summed E-state index contributed by atoms with van der Waals surface area (Å²) in [6, 6.07) is 14.0. The van der Waals surface area contributed by atoms with E-state index < -0.39 is 5.60 Å². The third-order valence-corrected chi connectivity index (χ3v) is 5.73. The van der Waals surface area contributed by atoms with Gasteiger partial charge in [-0.1, -0.05) is 30.7 Å². The first-order valence-electron chi connectivity index (χ1n) is 9.45. The minimum absolute atomic E-state index is 0.177. The fraction of sp³-hybridized carbons (Fsp3) is 0.409. The molecule has 2 aliphatic rings. The Morgan fingerprint density at radius 2 is 1.89 bits per heavy atom. The molecule has 2 aliphatic heterocycles. The van der Waals surface area contributed by atoms with E-state index in [0.29, 0.717) is 6.54 Å². The summed E-state index contributed by atoms with van der Waals surface area (Å²) in [6.45, 7) is 1.71. The molecule has 0 unspecified atom stereocenters. The Bertz CT molecular complexity index is 805. The molecule has 2 fully saturated rings. The third kappa shape index (κ3) is 3.44. The number of rotatable bonds is 5. The van der Waals surface area contributed by atoms with Crippen LogP contribution in [0.2, 0.25) is 0 Å². The van der Waals surface area contributed by atoms with Crippen LogP contribution in [0.1, 0.15) is 30.4 Å². The van der Waals surface area contributed by atoms with Crippen LogP contribution in [0.15, 0.2) is 48.5 Å². The van der Waals surface area contributed by atoms with Gasteiger partial charge >= 0.3 is 5.97 Å². The zero-order valence-electron chi connectivity index (χ0n) is 15.5. The van der Waals surface area contributed by atoms with Crippen LogP contribution in [0.25, 0.3) is 0 Å². The van der Waals surface area contributed by atoms with Gasteiger partial charge in [0.05, 0.1) is 19.6 Å². The van der Waals surface area contributed by atoms with Gasteiger partial charge in [-0.15, -0.1) is 0 Å². The van der Waals surface area contributed by atoms with Crippen molar-refractivity contribution in [2.45, 2.75) is 37.3 Å². The topological polar surface area (TPSA) is 38.8 Å².